The van der Waals surface area contributed by atoms with Crippen LogP contribution in [-0.4, -0.2) is 41.1 Å². The van der Waals surface area contributed by atoms with Crippen molar-refractivity contribution in [1.29, 1.82) is 0 Å². The lowest BCUT2D eigenvalue weighted by Crippen LogP contribution is -2.42. The van der Waals surface area contributed by atoms with Crippen molar-refractivity contribution in [1.82, 2.24) is 10.3 Å². The van der Waals surface area contributed by atoms with Crippen LogP contribution in [0, 0.1) is 0 Å². The summed E-state index contributed by atoms with van der Waals surface area (Å²) in [6.07, 6.45) is 1.83. The number of benzene rings is 2. The summed E-state index contributed by atoms with van der Waals surface area (Å²) in [6.45, 7) is 0. The Labute approximate surface area is 155 Å². The van der Waals surface area contributed by atoms with Crippen LogP contribution >= 0.6 is 0 Å². The fourth-order valence-corrected chi connectivity index (χ4v) is 2.93. The van der Waals surface area contributed by atoms with Gasteiger partial charge in [-0.2, -0.15) is 0 Å². The Hall–Kier alpha value is -3.61. The fourth-order valence-electron chi connectivity index (χ4n) is 2.93. The zero-order valence-electron chi connectivity index (χ0n) is 14.6. The number of aromatic nitrogens is 1. The van der Waals surface area contributed by atoms with Gasteiger partial charge in [0.2, 0.25) is 0 Å². The first kappa shape index (κ1) is 18.2. The van der Waals surface area contributed by atoms with Gasteiger partial charge in [-0.3, -0.25) is 4.79 Å². The molecular formula is C20H18N2O5. The highest BCUT2D eigenvalue weighted by atomic mass is 16.5. The van der Waals surface area contributed by atoms with Crippen molar-refractivity contribution in [2.24, 2.45) is 0 Å². The van der Waals surface area contributed by atoms with E-state index in [9.17, 15) is 19.5 Å². The molecule has 3 N–H and O–H groups in total. The number of nitrogens with one attached hydrogen (secondary N) is 2. The molecule has 0 saturated heterocycles. The smallest absolute Gasteiger partial charge is 0.338 e. The molecule has 27 heavy (non-hydrogen) atoms. The number of para-hydroxylation sites is 1. The lowest BCUT2D eigenvalue weighted by molar-refractivity contribution is -0.139. The first-order chi connectivity index (χ1) is 13.0. The van der Waals surface area contributed by atoms with Crippen LogP contribution in [0.25, 0.3) is 10.9 Å². The van der Waals surface area contributed by atoms with Crippen molar-refractivity contribution in [2.45, 2.75) is 12.5 Å². The molecule has 0 aliphatic rings. The second-order valence-corrected chi connectivity index (χ2v) is 5.97. The third-order valence-electron chi connectivity index (χ3n) is 4.28. The van der Waals surface area contributed by atoms with Gasteiger partial charge in [0, 0.05) is 23.5 Å². The number of aromatic amines is 1. The number of carbonyl (C=O) groups excluding carboxylic acids is 2. The Balaban J connectivity index is 1.84. The number of hydrogen-bond acceptors (Lipinski definition) is 4. The molecule has 1 heterocycles. The van der Waals surface area contributed by atoms with Gasteiger partial charge in [-0.15, -0.1) is 0 Å². The predicted molar refractivity (Wildman–Crippen MR) is 98.7 cm³/mol. The number of H-pyrrole nitrogens is 1. The molecule has 3 aromatic rings. The van der Waals surface area contributed by atoms with Crippen molar-refractivity contribution in [3.63, 3.8) is 0 Å². The maximum absolute atomic E-state index is 12.6. The van der Waals surface area contributed by atoms with Crippen LogP contribution in [0.2, 0.25) is 0 Å². The minimum atomic E-state index is -1.16. The molecule has 1 amide bonds. The Morgan fingerprint density at radius 3 is 2.44 bits per heavy atom. The highest BCUT2D eigenvalue weighted by Crippen LogP contribution is 2.19. The number of aliphatic carboxylic acids is 1. The zero-order valence-corrected chi connectivity index (χ0v) is 14.6. The van der Waals surface area contributed by atoms with Crippen LogP contribution in [0.5, 0.6) is 0 Å². The molecule has 7 heteroatoms. The number of rotatable bonds is 6. The highest BCUT2D eigenvalue weighted by molar-refractivity contribution is 6.06. The third kappa shape index (κ3) is 3.82. The summed E-state index contributed by atoms with van der Waals surface area (Å²) >= 11 is 0. The number of fused-ring (bicyclic) bond motifs is 1. The lowest BCUT2D eigenvalue weighted by Gasteiger charge is -2.15. The van der Waals surface area contributed by atoms with Crippen molar-refractivity contribution in [3.8, 4) is 0 Å². The van der Waals surface area contributed by atoms with E-state index in [0.717, 1.165) is 16.5 Å². The first-order valence-corrected chi connectivity index (χ1v) is 8.27. The number of esters is 1. The van der Waals surface area contributed by atoms with Gasteiger partial charge in [0.05, 0.1) is 18.2 Å². The van der Waals surface area contributed by atoms with Crippen LogP contribution in [0.1, 0.15) is 26.3 Å². The molecule has 3 rings (SSSR count). The molecule has 0 fully saturated rings. The normalized spacial score (nSPS) is 11.7. The van der Waals surface area contributed by atoms with Gasteiger partial charge in [0.1, 0.15) is 6.04 Å². The van der Waals surface area contributed by atoms with E-state index in [1.54, 1.807) is 18.3 Å². The number of carboxylic acids is 1. The molecule has 0 spiro atoms. The van der Waals surface area contributed by atoms with E-state index >= 15 is 0 Å². The number of carboxylic acid groups (broad SMARTS) is 1. The monoisotopic (exact) mass is 366 g/mol. The molecule has 0 radical (unpaired) electrons. The molecule has 138 valence electrons. The summed E-state index contributed by atoms with van der Waals surface area (Å²) in [4.78, 5) is 39.2. The number of amides is 1. The molecule has 0 saturated carbocycles. The lowest BCUT2D eigenvalue weighted by atomic mass is 10.0. The van der Waals surface area contributed by atoms with E-state index in [1.807, 2.05) is 24.3 Å². The van der Waals surface area contributed by atoms with Crippen LogP contribution in [0.3, 0.4) is 0 Å². The van der Waals surface area contributed by atoms with E-state index in [2.05, 4.69) is 15.0 Å². The average Bonchev–Trinajstić information content (AvgIpc) is 3.09. The molecular weight excluding hydrogens is 348 g/mol. The van der Waals surface area contributed by atoms with Gasteiger partial charge in [-0.1, -0.05) is 30.3 Å². The predicted octanol–water partition coefficient (Wildman–Crippen LogP) is 2.38. The van der Waals surface area contributed by atoms with Gasteiger partial charge in [-0.25, -0.2) is 9.59 Å². The van der Waals surface area contributed by atoms with Crippen molar-refractivity contribution in [3.05, 3.63) is 71.4 Å². The molecule has 1 atom stereocenters. The third-order valence-corrected chi connectivity index (χ3v) is 4.28. The SMILES string of the molecule is COC(=O)c1ccccc1C(=O)NC(Cc1c[nH]c2ccccc12)C(=O)O. The number of carbonyl (C=O) groups is 3. The quantitative estimate of drug-likeness (QED) is 0.581. The standard InChI is InChI=1S/C20H18N2O5/c1-27-20(26)15-8-3-2-7-14(15)18(23)22-17(19(24)25)10-12-11-21-16-9-5-4-6-13(12)16/h2-9,11,17,21H,10H2,1H3,(H,22,23)(H,24,25). The number of hydrogen-bond donors (Lipinski definition) is 3. The van der Waals surface area contributed by atoms with E-state index in [1.165, 1.54) is 19.2 Å². The summed E-state index contributed by atoms with van der Waals surface area (Å²) in [5.41, 5.74) is 1.81. The topological polar surface area (TPSA) is 108 Å². The molecule has 1 aromatic heterocycles. The summed E-state index contributed by atoms with van der Waals surface area (Å²) in [5.74, 6) is -2.48. The van der Waals surface area contributed by atoms with Crippen LogP contribution in [0.15, 0.2) is 54.7 Å². The Kier molecular flexibility index (Phi) is 5.21. The first-order valence-electron chi connectivity index (χ1n) is 8.27. The molecule has 0 bridgehead atoms. The molecule has 0 aliphatic carbocycles. The minimum absolute atomic E-state index is 0.0644. The largest absolute Gasteiger partial charge is 0.480 e. The fraction of sp³-hybridized carbons (Fsp3) is 0.150. The Morgan fingerprint density at radius 1 is 1.07 bits per heavy atom. The van der Waals surface area contributed by atoms with E-state index in [4.69, 9.17) is 0 Å². The summed E-state index contributed by atoms with van der Waals surface area (Å²) in [7, 11) is 1.22. The van der Waals surface area contributed by atoms with Gasteiger partial charge in [0.15, 0.2) is 0 Å². The van der Waals surface area contributed by atoms with Gasteiger partial charge in [-0.05, 0) is 23.8 Å². The van der Waals surface area contributed by atoms with Crippen LogP contribution in [0.4, 0.5) is 0 Å². The van der Waals surface area contributed by atoms with E-state index < -0.39 is 23.9 Å². The highest BCUT2D eigenvalue weighted by Gasteiger charge is 2.25. The van der Waals surface area contributed by atoms with Gasteiger partial charge in [0.25, 0.3) is 5.91 Å². The molecule has 0 aliphatic heterocycles. The molecule has 7 nitrogen and oxygen atoms in total. The maximum atomic E-state index is 12.6. The van der Waals surface area contributed by atoms with E-state index in [0.29, 0.717) is 0 Å². The second kappa shape index (κ2) is 7.74. The average molecular weight is 366 g/mol. The van der Waals surface area contributed by atoms with Crippen LogP contribution in [-0.2, 0) is 16.0 Å². The summed E-state index contributed by atoms with van der Waals surface area (Å²) < 4.78 is 4.67. The Morgan fingerprint density at radius 2 is 1.74 bits per heavy atom. The van der Waals surface area contributed by atoms with Crippen molar-refractivity contribution >= 4 is 28.7 Å². The molecule has 1 unspecified atom stereocenters. The summed E-state index contributed by atoms with van der Waals surface area (Å²) in [6, 6.07) is 12.5. The Bertz CT molecular complexity index is 1010. The van der Waals surface area contributed by atoms with Crippen molar-refractivity contribution in [2.75, 3.05) is 7.11 Å². The maximum Gasteiger partial charge on any atom is 0.338 e. The second-order valence-electron chi connectivity index (χ2n) is 5.97. The number of ether oxygens (including phenoxy) is 1. The van der Waals surface area contributed by atoms with E-state index in [-0.39, 0.29) is 17.5 Å². The van der Waals surface area contributed by atoms with Gasteiger partial charge < -0.3 is 20.1 Å². The molecule has 2 aromatic carbocycles. The van der Waals surface area contributed by atoms with Gasteiger partial charge >= 0.3 is 11.9 Å². The number of methoxy groups -OCH3 is 1. The zero-order chi connectivity index (χ0) is 19.4. The van der Waals surface area contributed by atoms with Crippen molar-refractivity contribution < 1.29 is 24.2 Å². The summed E-state index contributed by atoms with van der Waals surface area (Å²) in [5, 5.41) is 12.9. The van der Waals surface area contributed by atoms with Crippen LogP contribution < -0.4 is 5.32 Å². The minimum Gasteiger partial charge on any atom is -0.480 e.